The highest BCUT2D eigenvalue weighted by Gasteiger charge is 2.34. The van der Waals surface area contributed by atoms with E-state index in [1.807, 2.05) is 25.2 Å². The molecule has 190 valence electrons. The average Bonchev–Trinajstić information content (AvgIpc) is 3.55. The van der Waals surface area contributed by atoms with E-state index in [0.29, 0.717) is 18.8 Å². The number of carbonyl (C=O) groups excluding carboxylic acids is 1. The van der Waals surface area contributed by atoms with E-state index >= 15 is 0 Å². The van der Waals surface area contributed by atoms with Crippen LogP contribution in [0, 0.1) is 0 Å². The van der Waals surface area contributed by atoms with E-state index in [1.165, 1.54) is 17.4 Å². The summed E-state index contributed by atoms with van der Waals surface area (Å²) in [5, 5.41) is 11.7. The number of hydrazine groups is 1. The first-order valence-corrected chi connectivity index (χ1v) is 12.3. The number of anilines is 1. The zero-order valence-corrected chi connectivity index (χ0v) is 20.4. The maximum absolute atomic E-state index is 13.0. The highest BCUT2D eigenvalue weighted by molar-refractivity contribution is 7.11. The number of hydrogen-bond acceptors (Lipinski definition) is 8. The van der Waals surface area contributed by atoms with Crippen LogP contribution in [0.1, 0.15) is 46.9 Å². The van der Waals surface area contributed by atoms with Gasteiger partial charge in [-0.25, -0.2) is 9.99 Å². The maximum Gasteiger partial charge on any atom is 0.417 e. The molecule has 2 N–H and O–H groups in total. The standard InChI is InChI=1S/C23H24F3N7O2S/c1-3-35-16-6-15(7-16)33-11-18(20(31-33)17-5-4-14(9-27-17)23(24,25)26)29-21(34)19-12-36-22(30-19)13-8-28-32(2)10-13/h4-5,8-9,11-12,15-16,28H,3,6-7,10H2,1-2H3,(H,29,34). The Balaban J connectivity index is 1.39. The van der Waals surface area contributed by atoms with Gasteiger partial charge in [0.15, 0.2) is 0 Å². The van der Waals surface area contributed by atoms with E-state index in [9.17, 15) is 18.0 Å². The fourth-order valence-electron chi connectivity index (χ4n) is 4.06. The Hall–Kier alpha value is -3.29. The molecule has 5 rings (SSSR count). The Labute approximate surface area is 209 Å². The molecule has 0 aromatic carbocycles. The van der Waals surface area contributed by atoms with E-state index in [2.05, 4.69) is 25.8 Å². The molecule has 0 radical (unpaired) electrons. The summed E-state index contributed by atoms with van der Waals surface area (Å²) in [6, 6.07) is 2.27. The minimum absolute atomic E-state index is 0.0602. The van der Waals surface area contributed by atoms with Crippen LogP contribution in [-0.2, 0) is 10.9 Å². The van der Waals surface area contributed by atoms with Gasteiger partial charge < -0.3 is 15.5 Å². The molecule has 1 aliphatic carbocycles. The van der Waals surface area contributed by atoms with Crippen molar-refractivity contribution in [2.45, 2.75) is 38.1 Å². The Morgan fingerprint density at radius 1 is 1.33 bits per heavy atom. The number of alkyl halides is 3. The zero-order valence-electron chi connectivity index (χ0n) is 19.5. The topological polar surface area (TPSA) is 97.2 Å². The van der Waals surface area contributed by atoms with Crippen LogP contribution in [0.5, 0.6) is 0 Å². The number of amides is 1. The van der Waals surface area contributed by atoms with Crippen molar-refractivity contribution >= 4 is 28.5 Å². The van der Waals surface area contributed by atoms with E-state index in [-0.39, 0.29) is 29.2 Å². The molecule has 0 bridgehead atoms. The van der Waals surface area contributed by atoms with Crippen molar-refractivity contribution in [2.24, 2.45) is 0 Å². The number of nitrogens with zero attached hydrogens (tertiary/aromatic N) is 5. The quantitative estimate of drug-likeness (QED) is 0.483. The lowest BCUT2D eigenvalue weighted by Gasteiger charge is -2.34. The number of thiazole rings is 1. The second-order valence-electron chi connectivity index (χ2n) is 8.65. The first-order chi connectivity index (χ1) is 17.2. The van der Waals surface area contributed by atoms with Gasteiger partial charge in [-0.1, -0.05) is 0 Å². The van der Waals surface area contributed by atoms with Crippen molar-refractivity contribution in [2.75, 3.05) is 25.5 Å². The number of pyridine rings is 1. The Morgan fingerprint density at radius 2 is 2.14 bits per heavy atom. The van der Waals surface area contributed by atoms with Crippen LogP contribution in [0.3, 0.4) is 0 Å². The van der Waals surface area contributed by atoms with Crippen LogP contribution >= 0.6 is 11.3 Å². The number of likely N-dealkylation sites (N-methyl/N-ethyl adjacent to an activating group) is 1. The lowest BCUT2D eigenvalue weighted by molar-refractivity contribution is -0.137. The number of rotatable bonds is 7. The third kappa shape index (κ3) is 4.99. The fourth-order valence-corrected chi connectivity index (χ4v) is 4.87. The van der Waals surface area contributed by atoms with Crippen molar-refractivity contribution in [3.05, 3.63) is 52.4 Å². The summed E-state index contributed by atoms with van der Waals surface area (Å²) in [5.74, 6) is -0.439. The van der Waals surface area contributed by atoms with Gasteiger partial charge >= 0.3 is 6.18 Å². The van der Waals surface area contributed by atoms with Gasteiger partial charge in [-0.05, 0) is 31.9 Å². The Morgan fingerprint density at radius 3 is 2.78 bits per heavy atom. The average molecular weight is 520 g/mol. The van der Waals surface area contributed by atoms with Gasteiger partial charge in [-0.15, -0.1) is 11.3 Å². The molecule has 3 aromatic rings. The highest BCUT2D eigenvalue weighted by Crippen LogP contribution is 2.37. The monoisotopic (exact) mass is 519 g/mol. The van der Waals surface area contributed by atoms with Crippen LogP contribution < -0.4 is 10.7 Å². The lowest BCUT2D eigenvalue weighted by atomic mass is 9.89. The molecule has 0 spiro atoms. The summed E-state index contributed by atoms with van der Waals surface area (Å²) in [6.45, 7) is 3.22. The number of carbonyl (C=O) groups is 1. The van der Waals surface area contributed by atoms with E-state index in [0.717, 1.165) is 35.7 Å². The van der Waals surface area contributed by atoms with Crippen molar-refractivity contribution in [1.29, 1.82) is 0 Å². The third-order valence-electron chi connectivity index (χ3n) is 6.04. The van der Waals surface area contributed by atoms with Crippen molar-refractivity contribution < 1.29 is 22.7 Å². The van der Waals surface area contributed by atoms with E-state index in [4.69, 9.17) is 4.74 Å². The zero-order chi connectivity index (χ0) is 25.4. The molecule has 13 heteroatoms. The Bertz CT molecular complexity index is 1280. The second-order valence-corrected chi connectivity index (χ2v) is 9.51. The van der Waals surface area contributed by atoms with Crippen LogP contribution in [0.2, 0.25) is 0 Å². The Kier molecular flexibility index (Phi) is 6.53. The van der Waals surface area contributed by atoms with Crippen molar-refractivity contribution in [3.8, 4) is 11.4 Å². The van der Waals surface area contributed by atoms with Gasteiger partial charge in [0.05, 0.1) is 29.1 Å². The van der Waals surface area contributed by atoms with E-state index < -0.39 is 17.6 Å². The molecule has 1 aliphatic heterocycles. The molecule has 0 atom stereocenters. The molecule has 1 fully saturated rings. The molecule has 3 aromatic heterocycles. The molecule has 2 aliphatic rings. The summed E-state index contributed by atoms with van der Waals surface area (Å²) >= 11 is 1.36. The van der Waals surface area contributed by atoms with Crippen LogP contribution in [0.15, 0.2) is 36.1 Å². The van der Waals surface area contributed by atoms with Gasteiger partial charge in [-0.3, -0.25) is 14.5 Å². The number of nitrogens with one attached hydrogen (secondary N) is 2. The fraction of sp³-hybridized carbons (Fsp3) is 0.391. The van der Waals surface area contributed by atoms with Gasteiger partial charge in [0.2, 0.25) is 0 Å². The summed E-state index contributed by atoms with van der Waals surface area (Å²) in [7, 11) is 1.90. The summed E-state index contributed by atoms with van der Waals surface area (Å²) in [6.07, 6.45) is 1.45. The second kappa shape index (κ2) is 9.64. The number of ether oxygens (including phenoxy) is 1. The van der Waals surface area contributed by atoms with Gasteiger partial charge in [0.25, 0.3) is 5.91 Å². The largest absolute Gasteiger partial charge is 0.417 e. The van der Waals surface area contributed by atoms with Gasteiger partial charge in [0.1, 0.15) is 16.4 Å². The van der Waals surface area contributed by atoms with Gasteiger partial charge in [0, 0.05) is 49.7 Å². The maximum atomic E-state index is 13.0. The third-order valence-corrected chi connectivity index (χ3v) is 6.96. The molecule has 1 saturated carbocycles. The van der Waals surface area contributed by atoms with Crippen molar-refractivity contribution in [1.82, 2.24) is 30.2 Å². The van der Waals surface area contributed by atoms with Crippen LogP contribution in [-0.4, -0.2) is 57.0 Å². The number of halogens is 3. The van der Waals surface area contributed by atoms with Crippen molar-refractivity contribution in [3.63, 3.8) is 0 Å². The first-order valence-electron chi connectivity index (χ1n) is 11.4. The normalized spacial score (nSPS) is 20.1. The molecule has 1 amide bonds. The predicted molar refractivity (Wildman–Crippen MR) is 128 cm³/mol. The summed E-state index contributed by atoms with van der Waals surface area (Å²) in [5.41, 5.74) is 4.28. The highest BCUT2D eigenvalue weighted by atomic mass is 32.1. The number of aromatic nitrogens is 4. The first kappa shape index (κ1) is 24.4. The molecule has 0 saturated heterocycles. The molecular weight excluding hydrogens is 495 g/mol. The smallest absolute Gasteiger partial charge is 0.378 e. The molecular formula is C23H24F3N7O2S. The molecule has 9 nitrogen and oxygen atoms in total. The lowest BCUT2D eigenvalue weighted by Crippen LogP contribution is -2.33. The SMILES string of the molecule is CCOC1CC(n2cc(NC(=O)c3csc(C4=CNN(C)C4)n3)c(-c3ccc(C(F)(F)F)cn3)n2)C1. The minimum atomic E-state index is -4.50. The van der Waals surface area contributed by atoms with E-state index in [1.54, 1.807) is 16.3 Å². The minimum Gasteiger partial charge on any atom is -0.378 e. The number of hydrogen-bond donors (Lipinski definition) is 2. The summed E-state index contributed by atoms with van der Waals surface area (Å²) in [4.78, 5) is 21.5. The summed E-state index contributed by atoms with van der Waals surface area (Å²) < 4.78 is 46.4. The van der Waals surface area contributed by atoms with Crippen LogP contribution in [0.25, 0.3) is 17.0 Å². The molecule has 0 unspecified atom stereocenters. The molecule has 36 heavy (non-hydrogen) atoms. The molecule has 4 heterocycles. The van der Waals surface area contributed by atoms with Crippen LogP contribution in [0.4, 0.5) is 18.9 Å². The predicted octanol–water partition coefficient (Wildman–Crippen LogP) is 4.20. The van der Waals surface area contributed by atoms with Gasteiger partial charge in [-0.2, -0.15) is 18.3 Å².